The molecule has 1 aliphatic heterocycles. The van der Waals surface area contributed by atoms with E-state index < -0.39 is 18.3 Å². The summed E-state index contributed by atoms with van der Waals surface area (Å²) < 4.78 is 12.5. The lowest BCUT2D eigenvalue weighted by atomic mass is 9.70. The molecule has 1 saturated heterocycles. The van der Waals surface area contributed by atoms with Crippen molar-refractivity contribution in [3.05, 3.63) is 38.3 Å². The molecule has 1 aromatic carbocycles. The van der Waals surface area contributed by atoms with Crippen molar-refractivity contribution in [2.75, 3.05) is 0 Å². The van der Waals surface area contributed by atoms with Gasteiger partial charge in [-0.05, 0) is 87.3 Å². The Morgan fingerprint density at radius 2 is 1.50 bits per heavy atom. The maximum Gasteiger partial charge on any atom is 0.495 e. The Kier molecular flexibility index (Phi) is 5.02. The fourth-order valence-electron chi connectivity index (χ4n) is 3.31. The van der Waals surface area contributed by atoms with E-state index in [9.17, 15) is 0 Å². The number of azide groups is 1. The predicted molar refractivity (Wildman–Crippen MR) is 97.1 cm³/mol. The van der Waals surface area contributed by atoms with Crippen LogP contribution in [0.1, 0.15) is 55.5 Å². The molecule has 1 aromatic rings. The molecule has 7 heteroatoms. The highest BCUT2D eigenvalue weighted by Crippen LogP contribution is 2.37. The van der Waals surface area contributed by atoms with E-state index in [1.54, 1.807) is 0 Å². The lowest BCUT2D eigenvalue weighted by molar-refractivity contribution is 0.00578. The molecule has 0 bridgehead atoms. The summed E-state index contributed by atoms with van der Waals surface area (Å²) in [5.74, 6) is 0. The summed E-state index contributed by atoms with van der Waals surface area (Å²) in [5.41, 5.74) is 20.2. The van der Waals surface area contributed by atoms with Crippen LogP contribution in [0.25, 0.3) is 10.4 Å². The van der Waals surface area contributed by atoms with Crippen LogP contribution in [0.2, 0.25) is 0 Å². The first-order chi connectivity index (χ1) is 11.1. The van der Waals surface area contributed by atoms with Crippen molar-refractivity contribution in [2.24, 2.45) is 10.8 Å². The van der Waals surface area contributed by atoms with Crippen LogP contribution < -0.4 is 11.2 Å². The number of hydrogen-bond donors (Lipinski definition) is 1. The normalized spacial score (nSPS) is 18.6. The molecule has 0 atom stereocenters. The number of benzene rings is 1. The van der Waals surface area contributed by atoms with Gasteiger partial charge in [-0.1, -0.05) is 5.11 Å². The van der Waals surface area contributed by atoms with Crippen LogP contribution in [0.4, 0.5) is 0 Å². The zero-order valence-electron chi connectivity index (χ0n) is 15.7. The summed E-state index contributed by atoms with van der Waals surface area (Å²) in [4.78, 5) is 2.90. The van der Waals surface area contributed by atoms with Crippen LogP contribution >= 0.6 is 0 Å². The molecule has 2 N–H and O–H groups in total. The van der Waals surface area contributed by atoms with Crippen molar-refractivity contribution in [3.63, 3.8) is 0 Å². The molecule has 0 saturated carbocycles. The molecule has 24 heavy (non-hydrogen) atoms. The van der Waals surface area contributed by atoms with E-state index in [0.29, 0.717) is 13.1 Å². The molecule has 0 aliphatic carbocycles. The average molecular weight is 330 g/mol. The van der Waals surface area contributed by atoms with Crippen molar-refractivity contribution < 1.29 is 9.31 Å². The fourth-order valence-corrected chi connectivity index (χ4v) is 3.31. The van der Waals surface area contributed by atoms with Crippen LogP contribution in [0.15, 0.2) is 5.11 Å². The van der Waals surface area contributed by atoms with Gasteiger partial charge in [0.15, 0.2) is 0 Å². The van der Waals surface area contributed by atoms with E-state index >= 15 is 0 Å². The minimum atomic E-state index is -0.453. The van der Waals surface area contributed by atoms with Crippen LogP contribution in [0.5, 0.6) is 0 Å². The summed E-state index contributed by atoms with van der Waals surface area (Å²) >= 11 is 0. The highest BCUT2D eigenvalue weighted by molar-refractivity contribution is 6.63. The molecular weight excluding hydrogens is 303 g/mol. The Bertz CT molecular complexity index is 693. The first kappa shape index (κ1) is 18.8. The molecule has 6 nitrogen and oxygen atoms in total. The lowest BCUT2D eigenvalue weighted by Crippen LogP contribution is -2.41. The molecule has 1 heterocycles. The van der Waals surface area contributed by atoms with Crippen molar-refractivity contribution in [1.82, 2.24) is 0 Å². The standard InChI is InChI=1S/C17H27BN4O2/c1-10-13(8-19)11(2)15(12(3)14(10)9-21-22-20)18-23-16(4,5)17(6,7)24-18/h8-9,19H2,1-7H3. The number of nitrogens with two attached hydrogens (primary N) is 1. The summed E-state index contributed by atoms with van der Waals surface area (Å²) in [5, 5.41) is 3.75. The second-order valence-electron chi connectivity index (χ2n) is 7.43. The summed E-state index contributed by atoms with van der Waals surface area (Å²) in [7, 11) is -0.453. The zero-order chi connectivity index (χ0) is 18.3. The van der Waals surface area contributed by atoms with Crippen LogP contribution in [0.3, 0.4) is 0 Å². The van der Waals surface area contributed by atoms with Gasteiger partial charge < -0.3 is 15.0 Å². The zero-order valence-corrected chi connectivity index (χ0v) is 15.7. The molecule has 2 rings (SSSR count). The molecule has 0 spiro atoms. The maximum atomic E-state index is 8.69. The van der Waals surface area contributed by atoms with Gasteiger partial charge in [0.1, 0.15) is 0 Å². The van der Waals surface area contributed by atoms with E-state index in [2.05, 4.69) is 16.9 Å². The summed E-state index contributed by atoms with van der Waals surface area (Å²) in [6, 6.07) is 0. The van der Waals surface area contributed by atoms with E-state index in [-0.39, 0.29) is 0 Å². The van der Waals surface area contributed by atoms with E-state index in [1.807, 2.05) is 41.5 Å². The molecule has 0 unspecified atom stereocenters. The predicted octanol–water partition coefficient (Wildman–Crippen LogP) is 3.18. The lowest BCUT2D eigenvalue weighted by Gasteiger charge is -2.32. The Labute approximate surface area is 144 Å². The summed E-state index contributed by atoms with van der Waals surface area (Å²) in [6.45, 7) is 15.0. The second-order valence-corrected chi connectivity index (χ2v) is 7.43. The smallest absolute Gasteiger partial charge is 0.399 e. The number of rotatable bonds is 4. The third-order valence-corrected chi connectivity index (χ3v) is 5.60. The van der Waals surface area contributed by atoms with Gasteiger partial charge in [-0.3, -0.25) is 0 Å². The fraction of sp³-hybridized carbons (Fsp3) is 0.647. The monoisotopic (exact) mass is 330 g/mol. The van der Waals surface area contributed by atoms with Gasteiger partial charge in [-0.2, -0.15) is 0 Å². The third-order valence-electron chi connectivity index (χ3n) is 5.60. The molecule has 0 amide bonds. The summed E-state index contributed by atoms with van der Waals surface area (Å²) in [6.07, 6.45) is 0. The van der Waals surface area contributed by atoms with Gasteiger partial charge in [-0.15, -0.1) is 0 Å². The SMILES string of the molecule is Cc1c(CN)c(C)c(B2OC(C)(C)C(C)(C)O2)c(C)c1CN=[N+]=[N-]. The highest BCUT2D eigenvalue weighted by Gasteiger charge is 2.52. The third kappa shape index (κ3) is 2.93. The van der Waals surface area contributed by atoms with Crippen molar-refractivity contribution in [1.29, 1.82) is 0 Å². The van der Waals surface area contributed by atoms with Crippen LogP contribution in [-0.2, 0) is 22.4 Å². The Morgan fingerprint density at radius 3 is 1.96 bits per heavy atom. The largest absolute Gasteiger partial charge is 0.495 e. The van der Waals surface area contributed by atoms with Crippen molar-refractivity contribution in [3.8, 4) is 0 Å². The molecule has 0 radical (unpaired) electrons. The van der Waals surface area contributed by atoms with Gasteiger partial charge in [0.05, 0.1) is 17.7 Å². The van der Waals surface area contributed by atoms with E-state index in [1.165, 1.54) is 0 Å². The van der Waals surface area contributed by atoms with Gasteiger partial charge in [0.25, 0.3) is 0 Å². The first-order valence-electron chi connectivity index (χ1n) is 8.25. The minimum Gasteiger partial charge on any atom is -0.399 e. The Hall–Kier alpha value is -1.53. The maximum absolute atomic E-state index is 8.69. The van der Waals surface area contributed by atoms with Gasteiger partial charge in [0.2, 0.25) is 0 Å². The van der Waals surface area contributed by atoms with Gasteiger partial charge >= 0.3 is 7.12 Å². The molecule has 130 valence electrons. The number of nitrogens with zero attached hydrogens (tertiary/aromatic N) is 3. The van der Waals surface area contributed by atoms with Gasteiger partial charge in [0, 0.05) is 11.5 Å². The molecular formula is C17H27BN4O2. The minimum absolute atomic E-state index is 0.300. The van der Waals surface area contributed by atoms with Crippen LogP contribution in [0, 0.1) is 20.8 Å². The topological polar surface area (TPSA) is 93.2 Å². The van der Waals surface area contributed by atoms with E-state index in [0.717, 1.165) is 33.3 Å². The Morgan fingerprint density at radius 1 is 1.00 bits per heavy atom. The quantitative estimate of drug-likeness (QED) is 0.398. The second kappa shape index (κ2) is 6.41. The van der Waals surface area contributed by atoms with Gasteiger partial charge in [-0.25, -0.2) is 0 Å². The number of hydrogen-bond acceptors (Lipinski definition) is 4. The average Bonchev–Trinajstić information content (AvgIpc) is 2.67. The van der Waals surface area contributed by atoms with Crippen LogP contribution in [-0.4, -0.2) is 18.3 Å². The van der Waals surface area contributed by atoms with Crippen molar-refractivity contribution >= 4 is 12.6 Å². The molecule has 0 aromatic heterocycles. The first-order valence-corrected chi connectivity index (χ1v) is 8.25. The molecule has 1 fully saturated rings. The highest BCUT2D eigenvalue weighted by atomic mass is 16.7. The van der Waals surface area contributed by atoms with E-state index in [4.69, 9.17) is 20.6 Å². The Balaban J connectivity index is 2.64. The molecule has 1 aliphatic rings. The van der Waals surface area contributed by atoms with Crippen molar-refractivity contribution in [2.45, 2.75) is 72.8 Å².